The molecule has 19 heavy (non-hydrogen) atoms. The fourth-order valence-corrected chi connectivity index (χ4v) is 2.26. The van der Waals surface area contributed by atoms with Crippen molar-refractivity contribution in [2.45, 2.75) is 45.6 Å². The van der Waals surface area contributed by atoms with E-state index in [1.54, 1.807) is 0 Å². The summed E-state index contributed by atoms with van der Waals surface area (Å²) < 4.78 is 0. The van der Waals surface area contributed by atoms with E-state index in [2.05, 4.69) is 10.6 Å². The van der Waals surface area contributed by atoms with Crippen LogP contribution in [0.5, 0.6) is 0 Å². The summed E-state index contributed by atoms with van der Waals surface area (Å²) in [6.45, 7) is 3.95. The maximum absolute atomic E-state index is 12.2. The summed E-state index contributed by atoms with van der Waals surface area (Å²) in [6.07, 6.45) is 3.00. The molecule has 1 atom stereocenters. The summed E-state index contributed by atoms with van der Waals surface area (Å²) in [5.74, 6) is -0.150. The van der Waals surface area contributed by atoms with Gasteiger partial charge in [0.2, 0.25) is 11.8 Å². The van der Waals surface area contributed by atoms with E-state index in [0.29, 0.717) is 12.8 Å². The molecule has 0 spiro atoms. The zero-order valence-corrected chi connectivity index (χ0v) is 11.5. The summed E-state index contributed by atoms with van der Waals surface area (Å²) in [5.41, 5.74) is 2.95. The number of hydrogen-bond donors (Lipinski definition) is 2. The number of carbonyl (C=O) groups excluding carboxylic acids is 2. The lowest BCUT2D eigenvalue weighted by molar-refractivity contribution is -0.125. The zero-order valence-electron chi connectivity index (χ0n) is 11.5. The SMILES string of the molecule is Cc1ccc(C)c(NC(=O)C2CCCCC(=O)N2)c1. The molecule has 2 N–H and O–H groups in total. The van der Waals surface area contributed by atoms with Crippen LogP contribution in [0.25, 0.3) is 0 Å². The summed E-state index contributed by atoms with van der Waals surface area (Å²) in [5, 5.41) is 5.70. The Morgan fingerprint density at radius 1 is 1.32 bits per heavy atom. The number of anilines is 1. The van der Waals surface area contributed by atoms with Crippen LogP contribution in [0.15, 0.2) is 18.2 Å². The van der Waals surface area contributed by atoms with Crippen molar-refractivity contribution in [2.24, 2.45) is 0 Å². The maximum atomic E-state index is 12.2. The molecule has 0 aliphatic carbocycles. The summed E-state index contributed by atoms with van der Waals surface area (Å²) in [7, 11) is 0. The average Bonchev–Trinajstić information content (AvgIpc) is 2.58. The van der Waals surface area contributed by atoms with E-state index in [1.165, 1.54) is 0 Å². The minimum atomic E-state index is -0.407. The molecular formula is C15H20N2O2. The first-order valence-electron chi connectivity index (χ1n) is 6.74. The lowest BCUT2D eigenvalue weighted by Gasteiger charge is -2.17. The van der Waals surface area contributed by atoms with Crippen molar-refractivity contribution in [3.8, 4) is 0 Å². The second-order valence-corrected chi connectivity index (χ2v) is 5.17. The van der Waals surface area contributed by atoms with Crippen LogP contribution in [0, 0.1) is 13.8 Å². The van der Waals surface area contributed by atoms with Gasteiger partial charge in [-0.05, 0) is 43.9 Å². The van der Waals surface area contributed by atoms with Gasteiger partial charge in [-0.15, -0.1) is 0 Å². The highest BCUT2D eigenvalue weighted by atomic mass is 16.2. The molecule has 0 radical (unpaired) electrons. The number of aryl methyl sites for hydroxylation is 2. The van der Waals surface area contributed by atoms with Gasteiger partial charge in [-0.1, -0.05) is 18.6 Å². The monoisotopic (exact) mass is 260 g/mol. The molecule has 0 saturated carbocycles. The highest BCUT2D eigenvalue weighted by molar-refractivity contribution is 5.97. The quantitative estimate of drug-likeness (QED) is 0.857. The molecule has 0 bridgehead atoms. The number of carbonyl (C=O) groups is 2. The molecule has 2 amide bonds. The summed E-state index contributed by atoms with van der Waals surface area (Å²) in [4.78, 5) is 23.7. The minimum absolute atomic E-state index is 0.0291. The maximum Gasteiger partial charge on any atom is 0.246 e. The Bertz CT molecular complexity index is 497. The predicted molar refractivity (Wildman–Crippen MR) is 74.9 cm³/mol. The molecule has 1 aromatic carbocycles. The van der Waals surface area contributed by atoms with Gasteiger partial charge in [0, 0.05) is 12.1 Å². The van der Waals surface area contributed by atoms with Gasteiger partial charge in [-0.25, -0.2) is 0 Å². The molecule has 1 aromatic rings. The Morgan fingerprint density at radius 2 is 2.11 bits per heavy atom. The second-order valence-electron chi connectivity index (χ2n) is 5.17. The Morgan fingerprint density at radius 3 is 2.89 bits per heavy atom. The normalized spacial score (nSPS) is 19.5. The molecule has 1 aliphatic heterocycles. The van der Waals surface area contributed by atoms with Crippen molar-refractivity contribution < 1.29 is 9.59 Å². The standard InChI is InChI=1S/C15H20N2O2/c1-10-7-8-11(2)13(9-10)17-15(19)12-5-3-4-6-14(18)16-12/h7-9,12H,3-6H2,1-2H3,(H,16,18)(H,17,19). The third-order valence-corrected chi connectivity index (χ3v) is 3.45. The van der Waals surface area contributed by atoms with Gasteiger partial charge in [0.25, 0.3) is 0 Å². The van der Waals surface area contributed by atoms with Gasteiger partial charge in [0.15, 0.2) is 0 Å². The van der Waals surface area contributed by atoms with Crippen molar-refractivity contribution in [3.63, 3.8) is 0 Å². The summed E-state index contributed by atoms with van der Waals surface area (Å²) >= 11 is 0. The van der Waals surface area contributed by atoms with Crippen molar-refractivity contribution in [1.82, 2.24) is 5.32 Å². The Hall–Kier alpha value is -1.84. The van der Waals surface area contributed by atoms with Crippen LogP contribution in [-0.2, 0) is 9.59 Å². The Balaban J connectivity index is 2.07. The van der Waals surface area contributed by atoms with Crippen LogP contribution in [0.1, 0.15) is 36.8 Å². The van der Waals surface area contributed by atoms with E-state index in [0.717, 1.165) is 29.7 Å². The zero-order chi connectivity index (χ0) is 13.8. The van der Waals surface area contributed by atoms with Gasteiger partial charge in [-0.2, -0.15) is 0 Å². The molecule has 2 rings (SSSR count). The molecular weight excluding hydrogens is 240 g/mol. The predicted octanol–water partition coefficient (Wildman–Crippen LogP) is 2.30. The first-order valence-corrected chi connectivity index (χ1v) is 6.74. The van der Waals surface area contributed by atoms with Crippen LogP contribution in [0.3, 0.4) is 0 Å². The van der Waals surface area contributed by atoms with E-state index in [4.69, 9.17) is 0 Å². The molecule has 1 saturated heterocycles. The van der Waals surface area contributed by atoms with E-state index in [9.17, 15) is 9.59 Å². The highest BCUT2D eigenvalue weighted by Gasteiger charge is 2.23. The molecule has 4 heteroatoms. The van der Waals surface area contributed by atoms with E-state index < -0.39 is 6.04 Å². The fraction of sp³-hybridized carbons (Fsp3) is 0.467. The van der Waals surface area contributed by atoms with E-state index >= 15 is 0 Å². The molecule has 1 fully saturated rings. The molecule has 1 aliphatic rings. The van der Waals surface area contributed by atoms with Crippen LogP contribution >= 0.6 is 0 Å². The number of hydrogen-bond acceptors (Lipinski definition) is 2. The Kier molecular flexibility index (Phi) is 4.20. The Labute approximate surface area is 113 Å². The average molecular weight is 260 g/mol. The number of benzene rings is 1. The number of nitrogens with one attached hydrogen (secondary N) is 2. The van der Waals surface area contributed by atoms with Crippen molar-refractivity contribution in [1.29, 1.82) is 0 Å². The number of rotatable bonds is 2. The summed E-state index contributed by atoms with van der Waals surface area (Å²) in [6, 6.07) is 5.54. The first-order chi connectivity index (χ1) is 9.06. The fourth-order valence-electron chi connectivity index (χ4n) is 2.26. The minimum Gasteiger partial charge on any atom is -0.344 e. The largest absolute Gasteiger partial charge is 0.344 e. The first kappa shape index (κ1) is 13.6. The smallest absolute Gasteiger partial charge is 0.246 e. The van der Waals surface area contributed by atoms with E-state index in [1.807, 2.05) is 32.0 Å². The lowest BCUT2D eigenvalue weighted by Crippen LogP contribution is -2.42. The van der Waals surface area contributed by atoms with Crippen LogP contribution < -0.4 is 10.6 Å². The van der Waals surface area contributed by atoms with Crippen molar-refractivity contribution in [3.05, 3.63) is 29.3 Å². The van der Waals surface area contributed by atoms with Gasteiger partial charge >= 0.3 is 0 Å². The van der Waals surface area contributed by atoms with Crippen LogP contribution in [0.2, 0.25) is 0 Å². The van der Waals surface area contributed by atoms with E-state index in [-0.39, 0.29) is 11.8 Å². The molecule has 102 valence electrons. The second kappa shape index (κ2) is 5.87. The lowest BCUT2D eigenvalue weighted by atomic mass is 10.1. The molecule has 0 aromatic heterocycles. The van der Waals surface area contributed by atoms with Gasteiger partial charge in [0.1, 0.15) is 6.04 Å². The highest BCUT2D eigenvalue weighted by Crippen LogP contribution is 2.18. The molecule has 1 unspecified atom stereocenters. The van der Waals surface area contributed by atoms with Gasteiger partial charge < -0.3 is 10.6 Å². The van der Waals surface area contributed by atoms with Crippen LogP contribution in [-0.4, -0.2) is 17.9 Å². The van der Waals surface area contributed by atoms with Crippen molar-refractivity contribution >= 4 is 17.5 Å². The third-order valence-electron chi connectivity index (χ3n) is 3.45. The van der Waals surface area contributed by atoms with Gasteiger partial charge in [-0.3, -0.25) is 9.59 Å². The number of amides is 2. The van der Waals surface area contributed by atoms with Crippen LogP contribution in [0.4, 0.5) is 5.69 Å². The topological polar surface area (TPSA) is 58.2 Å². The molecule has 4 nitrogen and oxygen atoms in total. The van der Waals surface area contributed by atoms with Gasteiger partial charge in [0.05, 0.1) is 0 Å². The molecule has 1 heterocycles. The van der Waals surface area contributed by atoms with Crippen molar-refractivity contribution in [2.75, 3.05) is 5.32 Å². The third kappa shape index (κ3) is 3.56.